The molecule has 4 rings (SSSR count). The Labute approximate surface area is 177 Å². The van der Waals surface area contributed by atoms with Crippen LogP contribution in [0, 0.1) is 5.92 Å². The quantitative estimate of drug-likeness (QED) is 0.626. The van der Waals surface area contributed by atoms with Crippen molar-refractivity contribution < 1.29 is 22.7 Å². The molecule has 1 aliphatic rings. The molecule has 8 heteroatoms. The van der Waals surface area contributed by atoms with Crippen LogP contribution in [0.4, 0.5) is 13.2 Å². The summed E-state index contributed by atoms with van der Waals surface area (Å²) in [6.45, 7) is 1.43. The Balaban J connectivity index is 1.52. The minimum atomic E-state index is -4.11. The minimum absolute atomic E-state index is 0.135. The van der Waals surface area contributed by atoms with Gasteiger partial charge in [0.25, 0.3) is 0 Å². The number of piperidine rings is 1. The lowest BCUT2D eigenvalue weighted by molar-refractivity contribution is -0.185. The first-order valence-electron chi connectivity index (χ1n) is 10.0. The van der Waals surface area contributed by atoms with Crippen molar-refractivity contribution in [3.63, 3.8) is 0 Å². The van der Waals surface area contributed by atoms with E-state index in [4.69, 9.17) is 10.5 Å². The van der Waals surface area contributed by atoms with Crippen LogP contribution >= 0.6 is 0 Å². The lowest BCUT2D eigenvalue weighted by atomic mass is 9.95. The van der Waals surface area contributed by atoms with Crippen molar-refractivity contribution in [3.8, 4) is 11.6 Å². The molecular formula is C23H22F3N3O2. The van der Waals surface area contributed by atoms with Crippen LogP contribution in [0.2, 0.25) is 0 Å². The normalized spacial score (nSPS) is 15.8. The number of fused-ring (bicyclic) bond motifs is 1. The number of nitrogens with zero attached hydrogens (tertiary/aromatic N) is 2. The zero-order valence-corrected chi connectivity index (χ0v) is 16.7. The highest BCUT2D eigenvalue weighted by Crippen LogP contribution is 2.35. The third kappa shape index (κ3) is 4.80. The molecule has 162 valence electrons. The molecule has 1 saturated heterocycles. The van der Waals surface area contributed by atoms with E-state index in [0.717, 1.165) is 16.3 Å². The number of hydrogen-bond acceptors (Lipinski definition) is 4. The fourth-order valence-corrected chi connectivity index (χ4v) is 3.93. The number of likely N-dealkylation sites (tertiary alicyclic amines) is 1. The smallest absolute Gasteiger partial charge is 0.391 e. The molecule has 0 unspecified atom stereocenters. The lowest BCUT2D eigenvalue weighted by Gasteiger charge is -2.33. The predicted molar refractivity (Wildman–Crippen MR) is 111 cm³/mol. The van der Waals surface area contributed by atoms with Crippen LogP contribution in [0.1, 0.15) is 28.8 Å². The van der Waals surface area contributed by atoms with Gasteiger partial charge in [-0.15, -0.1) is 0 Å². The summed E-state index contributed by atoms with van der Waals surface area (Å²) in [7, 11) is 0. The summed E-state index contributed by atoms with van der Waals surface area (Å²) in [6, 6.07) is 14.6. The first-order valence-corrected chi connectivity index (χ1v) is 10.0. The van der Waals surface area contributed by atoms with Crippen molar-refractivity contribution in [2.45, 2.75) is 25.6 Å². The summed E-state index contributed by atoms with van der Waals surface area (Å²) < 4.78 is 44.7. The van der Waals surface area contributed by atoms with Crippen molar-refractivity contribution in [2.75, 3.05) is 13.1 Å². The molecule has 2 N–H and O–H groups in total. The van der Waals surface area contributed by atoms with E-state index in [0.29, 0.717) is 36.8 Å². The first-order chi connectivity index (χ1) is 14.8. The third-order valence-electron chi connectivity index (χ3n) is 5.65. The summed E-state index contributed by atoms with van der Waals surface area (Å²) in [4.78, 5) is 17.4. The highest BCUT2D eigenvalue weighted by molar-refractivity contribution is 5.92. The first kappa shape index (κ1) is 21.1. The SMILES string of the molecule is NC(=O)c1ccc(Oc2cccc3c(CN4CCC(C(F)(F)F)CC4)cccc23)nc1. The van der Waals surface area contributed by atoms with Crippen LogP contribution in [-0.2, 0) is 6.54 Å². The zero-order chi connectivity index (χ0) is 22.0. The van der Waals surface area contributed by atoms with Gasteiger partial charge in [0, 0.05) is 24.2 Å². The number of rotatable bonds is 5. The standard InChI is InChI=1S/C23H22F3N3O2/c24-23(25,26)17-9-11-29(12-10-17)14-16-3-1-5-19-18(16)4-2-6-20(19)31-21-8-7-15(13-28-21)22(27)30/h1-8,13,17H,9-12,14H2,(H2,27,30). The van der Waals surface area contributed by atoms with E-state index in [-0.39, 0.29) is 12.8 Å². The number of pyridine rings is 1. The minimum Gasteiger partial charge on any atom is -0.438 e. The van der Waals surface area contributed by atoms with Crippen LogP contribution in [0.15, 0.2) is 54.7 Å². The van der Waals surface area contributed by atoms with E-state index in [9.17, 15) is 18.0 Å². The number of alkyl halides is 3. The number of halogens is 3. The van der Waals surface area contributed by atoms with Gasteiger partial charge in [-0.3, -0.25) is 9.69 Å². The molecule has 1 aromatic heterocycles. The van der Waals surface area contributed by atoms with E-state index in [1.165, 1.54) is 6.20 Å². The molecule has 5 nitrogen and oxygen atoms in total. The number of amides is 1. The van der Waals surface area contributed by atoms with Crippen LogP contribution < -0.4 is 10.5 Å². The second kappa shape index (κ2) is 8.55. The van der Waals surface area contributed by atoms with Crippen molar-refractivity contribution in [1.29, 1.82) is 0 Å². The molecule has 1 aliphatic heterocycles. The molecule has 2 aromatic carbocycles. The van der Waals surface area contributed by atoms with Crippen molar-refractivity contribution in [2.24, 2.45) is 11.7 Å². The molecule has 1 fully saturated rings. The predicted octanol–water partition coefficient (Wildman–Crippen LogP) is 4.90. The largest absolute Gasteiger partial charge is 0.438 e. The van der Waals surface area contributed by atoms with Gasteiger partial charge in [0.1, 0.15) is 5.75 Å². The molecule has 2 heterocycles. The fraction of sp³-hybridized carbons (Fsp3) is 0.304. The summed E-state index contributed by atoms with van der Waals surface area (Å²) in [6.07, 6.45) is -2.48. The molecular weight excluding hydrogens is 407 g/mol. The van der Waals surface area contributed by atoms with Crippen molar-refractivity contribution >= 4 is 16.7 Å². The number of ether oxygens (including phenoxy) is 1. The highest BCUT2D eigenvalue weighted by atomic mass is 19.4. The molecule has 0 radical (unpaired) electrons. The van der Waals surface area contributed by atoms with Crippen molar-refractivity contribution in [1.82, 2.24) is 9.88 Å². The number of aromatic nitrogens is 1. The van der Waals surface area contributed by atoms with Gasteiger partial charge in [0.15, 0.2) is 0 Å². The van der Waals surface area contributed by atoms with Crippen LogP contribution in [0.3, 0.4) is 0 Å². The van der Waals surface area contributed by atoms with Crippen molar-refractivity contribution in [3.05, 3.63) is 65.9 Å². The molecule has 31 heavy (non-hydrogen) atoms. The molecule has 0 aliphatic carbocycles. The Morgan fingerprint density at radius 1 is 1.06 bits per heavy atom. The van der Waals surface area contributed by atoms with E-state index in [1.807, 2.05) is 36.4 Å². The Bertz CT molecular complexity index is 1080. The summed E-state index contributed by atoms with van der Waals surface area (Å²) in [5.41, 5.74) is 6.56. The monoisotopic (exact) mass is 429 g/mol. The van der Waals surface area contributed by atoms with Gasteiger partial charge in [0.2, 0.25) is 11.8 Å². The average molecular weight is 429 g/mol. The number of benzene rings is 2. The fourth-order valence-electron chi connectivity index (χ4n) is 3.93. The number of carbonyl (C=O) groups is 1. The second-order valence-corrected chi connectivity index (χ2v) is 7.71. The van der Waals surface area contributed by atoms with Crippen LogP contribution in [0.5, 0.6) is 11.6 Å². The number of hydrogen-bond donors (Lipinski definition) is 1. The second-order valence-electron chi connectivity index (χ2n) is 7.71. The average Bonchev–Trinajstić information content (AvgIpc) is 2.74. The molecule has 1 amide bonds. The Morgan fingerprint density at radius 2 is 1.77 bits per heavy atom. The summed E-state index contributed by atoms with van der Waals surface area (Å²) in [5.74, 6) is -0.829. The van der Waals surface area contributed by atoms with E-state index >= 15 is 0 Å². The van der Waals surface area contributed by atoms with Gasteiger partial charge in [-0.1, -0.05) is 30.3 Å². The Kier molecular flexibility index (Phi) is 5.82. The number of carbonyl (C=O) groups excluding carboxylic acids is 1. The Morgan fingerprint density at radius 3 is 2.42 bits per heavy atom. The van der Waals surface area contributed by atoms with Gasteiger partial charge in [-0.05, 0) is 49.0 Å². The van der Waals surface area contributed by atoms with Gasteiger partial charge in [-0.2, -0.15) is 13.2 Å². The number of primary amides is 1. The molecule has 0 bridgehead atoms. The van der Waals surface area contributed by atoms with Gasteiger partial charge >= 0.3 is 6.18 Å². The lowest BCUT2D eigenvalue weighted by Crippen LogP contribution is -2.38. The van der Waals surface area contributed by atoms with Gasteiger partial charge in [0.05, 0.1) is 11.5 Å². The maximum atomic E-state index is 12.9. The van der Waals surface area contributed by atoms with Gasteiger partial charge in [-0.25, -0.2) is 4.98 Å². The van der Waals surface area contributed by atoms with Gasteiger partial charge < -0.3 is 10.5 Å². The summed E-state index contributed by atoms with van der Waals surface area (Å²) >= 11 is 0. The van der Waals surface area contributed by atoms with Crippen LogP contribution in [-0.4, -0.2) is 35.1 Å². The van der Waals surface area contributed by atoms with E-state index in [2.05, 4.69) is 9.88 Å². The van der Waals surface area contributed by atoms with Crippen LogP contribution in [0.25, 0.3) is 10.8 Å². The molecule has 3 aromatic rings. The zero-order valence-electron chi connectivity index (χ0n) is 16.7. The highest BCUT2D eigenvalue weighted by Gasteiger charge is 2.40. The molecule has 0 atom stereocenters. The molecule has 0 saturated carbocycles. The van der Waals surface area contributed by atoms with E-state index in [1.54, 1.807) is 12.1 Å². The summed E-state index contributed by atoms with van der Waals surface area (Å²) in [5, 5.41) is 1.86. The third-order valence-corrected chi connectivity index (χ3v) is 5.65. The Hall–Kier alpha value is -3.13. The topological polar surface area (TPSA) is 68.5 Å². The maximum absolute atomic E-state index is 12.9. The molecule has 0 spiro atoms. The maximum Gasteiger partial charge on any atom is 0.391 e. The van der Waals surface area contributed by atoms with E-state index < -0.39 is 18.0 Å². The number of nitrogens with two attached hydrogens (primary N) is 1.